The summed E-state index contributed by atoms with van der Waals surface area (Å²) in [6.45, 7) is 1.85. The maximum absolute atomic E-state index is 13.6. The molecule has 0 fully saturated rings. The maximum Gasteiger partial charge on any atom is 0.132 e. The van der Waals surface area contributed by atoms with E-state index in [4.69, 9.17) is 0 Å². The van der Waals surface area contributed by atoms with Gasteiger partial charge in [0.15, 0.2) is 0 Å². The van der Waals surface area contributed by atoms with E-state index in [1.807, 2.05) is 13.0 Å². The Bertz CT molecular complexity index is 564. The second kappa shape index (κ2) is 5.16. The zero-order valence-corrected chi connectivity index (χ0v) is 11.2. The fourth-order valence-corrected chi connectivity index (χ4v) is 2.29. The quantitative estimate of drug-likeness (QED) is 0.884. The molecular weight excluding hydrogens is 302 g/mol. The average molecular weight is 313 g/mol. The molecule has 0 aliphatic rings. The highest BCUT2D eigenvalue weighted by molar-refractivity contribution is 9.10. The van der Waals surface area contributed by atoms with Crippen LogP contribution in [0.4, 0.5) is 8.78 Å². The van der Waals surface area contributed by atoms with Crippen LogP contribution >= 0.6 is 15.9 Å². The highest BCUT2D eigenvalue weighted by Crippen LogP contribution is 2.32. The number of halogens is 3. The zero-order valence-electron chi connectivity index (χ0n) is 9.62. The summed E-state index contributed by atoms with van der Waals surface area (Å²) in [4.78, 5) is 0. The van der Waals surface area contributed by atoms with Gasteiger partial charge in [0, 0.05) is 4.47 Å². The van der Waals surface area contributed by atoms with Crippen molar-refractivity contribution in [2.75, 3.05) is 0 Å². The molecular formula is C14H11BrF2O. The Labute approximate surface area is 112 Å². The second-order valence-electron chi connectivity index (χ2n) is 4.02. The molecule has 0 bridgehead atoms. The third-order valence-electron chi connectivity index (χ3n) is 2.79. The Morgan fingerprint density at radius 2 is 1.61 bits per heavy atom. The lowest BCUT2D eigenvalue weighted by atomic mass is 9.99. The van der Waals surface area contributed by atoms with Crippen LogP contribution < -0.4 is 0 Å². The maximum atomic E-state index is 13.6. The summed E-state index contributed by atoms with van der Waals surface area (Å²) in [6, 6.07) is 8.74. The standard InChI is InChI=1S/C14H11BrF2O/c1-8-4-2-5-9(13(8)15)14(18)12-10(16)6-3-7-11(12)17/h2-7,14,18H,1H3. The molecule has 4 heteroatoms. The Morgan fingerprint density at radius 1 is 1.06 bits per heavy atom. The average Bonchev–Trinajstić information content (AvgIpc) is 2.32. The van der Waals surface area contributed by atoms with Gasteiger partial charge in [0.25, 0.3) is 0 Å². The van der Waals surface area contributed by atoms with E-state index in [2.05, 4.69) is 15.9 Å². The van der Waals surface area contributed by atoms with Gasteiger partial charge in [-0.25, -0.2) is 8.78 Å². The molecule has 0 saturated heterocycles. The Hall–Kier alpha value is -1.26. The minimum absolute atomic E-state index is 0.330. The molecule has 0 heterocycles. The summed E-state index contributed by atoms with van der Waals surface area (Å²) in [5, 5.41) is 10.1. The molecule has 1 nitrogen and oxygen atoms in total. The van der Waals surface area contributed by atoms with E-state index in [0.29, 0.717) is 10.0 Å². The third kappa shape index (κ3) is 2.31. The van der Waals surface area contributed by atoms with Crippen LogP contribution in [-0.2, 0) is 0 Å². The van der Waals surface area contributed by atoms with Crippen molar-refractivity contribution >= 4 is 15.9 Å². The van der Waals surface area contributed by atoms with Crippen LogP contribution in [0.5, 0.6) is 0 Å². The molecule has 94 valence electrons. The minimum Gasteiger partial charge on any atom is -0.383 e. The zero-order chi connectivity index (χ0) is 13.3. The van der Waals surface area contributed by atoms with Gasteiger partial charge in [-0.1, -0.05) is 40.2 Å². The lowest BCUT2D eigenvalue weighted by Crippen LogP contribution is -2.06. The molecule has 1 N–H and O–H groups in total. The minimum atomic E-state index is -1.33. The first kappa shape index (κ1) is 13.2. The summed E-state index contributed by atoms with van der Waals surface area (Å²) in [5.74, 6) is -1.51. The molecule has 2 aromatic rings. The van der Waals surface area contributed by atoms with Crippen molar-refractivity contribution < 1.29 is 13.9 Å². The van der Waals surface area contributed by atoms with Crippen LogP contribution in [0.3, 0.4) is 0 Å². The number of hydrogen-bond donors (Lipinski definition) is 1. The first-order chi connectivity index (χ1) is 8.52. The first-order valence-electron chi connectivity index (χ1n) is 5.39. The van der Waals surface area contributed by atoms with Crippen molar-refractivity contribution in [1.82, 2.24) is 0 Å². The molecule has 0 aromatic heterocycles. The smallest absolute Gasteiger partial charge is 0.132 e. The van der Waals surface area contributed by atoms with Gasteiger partial charge in [0.05, 0.1) is 5.56 Å². The molecule has 0 aliphatic heterocycles. The van der Waals surface area contributed by atoms with Crippen LogP contribution in [0.25, 0.3) is 0 Å². The number of benzene rings is 2. The summed E-state index contributed by atoms with van der Waals surface area (Å²) in [7, 11) is 0. The van der Waals surface area contributed by atoms with Gasteiger partial charge < -0.3 is 5.11 Å². The summed E-state index contributed by atoms with van der Waals surface area (Å²) in [6.07, 6.45) is -1.33. The Balaban J connectivity index is 2.55. The Morgan fingerprint density at radius 3 is 2.22 bits per heavy atom. The summed E-state index contributed by atoms with van der Waals surface area (Å²) >= 11 is 3.32. The van der Waals surface area contributed by atoms with E-state index < -0.39 is 17.7 Å². The van der Waals surface area contributed by atoms with Crippen LogP contribution in [0, 0.1) is 18.6 Å². The molecule has 1 unspecified atom stereocenters. The van der Waals surface area contributed by atoms with Crippen LogP contribution in [0.1, 0.15) is 22.8 Å². The molecule has 2 rings (SSSR count). The highest BCUT2D eigenvalue weighted by atomic mass is 79.9. The van der Waals surface area contributed by atoms with E-state index >= 15 is 0 Å². The third-order valence-corrected chi connectivity index (χ3v) is 3.87. The number of rotatable bonds is 2. The van der Waals surface area contributed by atoms with Crippen LogP contribution in [0.15, 0.2) is 40.9 Å². The second-order valence-corrected chi connectivity index (χ2v) is 4.81. The SMILES string of the molecule is Cc1cccc(C(O)c2c(F)cccc2F)c1Br. The van der Waals surface area contributed by atoms with Crippen LogP contribution in [0.2, 0.25) is 0 Å². The number of aliphatic hydroxyl groups excluding tert-OH is 1. The predicted octanol–water partition coefficient (Wildman–Crippen LogP) is 4.12. The fourth-order valence-electron chi connectivity index (χ4n) is 1.81. The molecule has 0 spiro atoms. The summed E-state index contributed by atoms with van der Waals surface area (Å²) < 4.78 is 27.9. The number of hydrogen-bond acceptors (Lipinski definition) is 1. The molecule has 18 heavy (non-hydrogen) atoms. The van der Waals surface area contributed by atoms with Crippen molar-refractivity contribution in [3.63, 3.8) is 0 Å². The molecule has 0 aliphatic carbocycles. The highest BCUT2D eigenvalue weighted by Gasteiger charge is 2.21. The van der Waals surface area contributed by atoms with E-state index in [0.717, 1.165) is 17.7 Å². The normalized spacial score (nSPS) is 12.5. The number of aliphatic hydroxyl groups is 1. The van der Waals surface area contributed by atoms with E-state index in [-0.39, 0.29) is 5.56 Å². The van der Waals surface area contributed by atoms with Gasteiger partial charge >= 0.3 is 0 Å². The largest absolute Gasteiger partial charge is 0.383 e. The monoisotopic (exact) mass is 312 g/mol. The molecule has 0 radical (unpaired) electrons. The topological polar surface area (TPSA) is 20.2 Å². The molecule has 2 aromatic carbocycles. The van der Waals surface area contributed by atoms with Gasteiger partial charge in [0.2, 0.25) is 0 Å². The van der Waals surface area contributed by atoms with Crippen molar-refractivity contribution in [3.05, 3.63) is 69.2 Å². The van der Waals surface area contributed by atoms with Gasteiger partial charge in [-0.3, -0.25) is 0 Å². The van der Waals surface area contributed by atoms with Gasteiger partial charge in [-0.15, -0.1) is 0 Å². The Kier molecular flexibility index (Phi) is 3.78. The molecule has 0 saturated carbocycles. The molecule has 0 amide bonds. The van der Waals surface area contributed by atoms with Gasteiger partial charge in [-0.05, 0) is 30.2 Å². The molecule has 1 atom stereocenters. The first-order valence-corrected chi connectivity index (χ1v) is 6.18. The van der Waals surface area contributed by atoms with Crippen LogP contribution in [-0.4, -0.2) is 5.11 Å². The van der Waals surface area contributed by atoms with E-state index in [1.54, 1.807) is 12.1 Å². The van der Waals surface area contributed by atoms with Crippen molar-refractivity contribution in [3.8, 4) is 0 Å². The predicted molar refractivity (Wildman–Crippen MR) is 69.3 cm³/mol. The van der Waals surface area contributed by atoms with Crippen molar-refractivity contribution in [1.29, 1.82) is 0 Å². The lowest BCUT2D eigenvalue weighted by Gasteiger charge is -2.16. The van der Waals surface area contributed by atoms with Gasteiger partial charge in [0.1, 0.15) is 17.7 Å². The summed E-state index contributed by atoms with van der Waals surface area (Å²) in [5.41, 5.74) is 1.01. The van der Waals surface area contributed by atoms with E-state index in [1.165, 1.54) is 6.07 Å². The van der Waals surface area contributed by atoms with Gasteiger partial charge in [-0.2, -0.15) is 0 Å². The number of aryl methyl sites for hydroxylation is 1. The van der Waals surface area contributed by atoms with Crippen molar-refractivity contribution in [2.24, 2.45) is 0 Å². The van der Waals surface area contributed by atoms with Crippen molar-refractivity contribution in [2.45, 2.75) is 13.0 Å². The van der Waals surface area contributed by atoms with E-state index in [9.17, 15) is 13.9 Å². The fraction of sp³-hybridized carbons (Fsp3) is 0.143. The lowest BCUT2D eigenvalue weighted by molar-refractivity contribution is 0.208.